The summed E-state index contributed by atoms with van der Waals surface area (Å²) in [6.45, 7) is 2.31. The maximum atomic E-state index is 13.0. The second kappa shape index (κ2) is 7.33. The van der Waals surface area contributed by atoms with Gasteiger partial charge in [-0.2, -0.15) is 4.39 Å². The largest absolute Gasteiger partial charge is 0.494 e. The molecule has 3 nitrogen and oxygen atoms in total. The molecule has 1 aliphatic rings. The van der Waals surface area contributed by atoms with Crippen LogP contribution < -0.4 is 0 Å². The Morgan fingerprint density at radius 2 is 2.00 bits per heavy atom. The molecule has 0 aliphatic heterocycles. The molecule has 1 unspecified atom stereocenters. The Bertz CT molecular complexity index is 301. The molecule has 0 amide bonds. The van der Waals surface area contributed by atoms with Gasteiger partial charge in [0.25, 0.3) is 0 Å². The molecule has 1 saturated carbocycles. The quantitative estimate of drug-likeness (QED) is 0.834. The fourth-order valence-corrected chi connectivity index (χ4v) is 1.34. The number of nitrogens with zero attached hydrogens (tertiary/aromatic N) is 1. The highest BCUT2D eigenvalue weighted by atomic mass is 19.1. The number of hydrogen-bond donors (Lipinski definition) is 2. The SMILES string of the molecule is C1CC1.CCC(O)CCCn1c(O)ccc1F. The molecule has 17 heavy (non-hydrogen) atoms. The topological polar surface area (TPSA) is 45.4 Å². The van der Waals surface area contributed by atoms with Crippen LogP contribution in [0.4, 0.5) is 4.39 Å². The van der Waals surface area contributed by atoms with Crippen LogP contribution in [0.3, 0.4) is 0 Å². The van der Waals surface area contributed by atoms with E-state index in [4.69, 9.17) is 0 Å². The van der Waals surface area contributed by atoms with E-state index in [-0.39, 0.29) is 12.0 Å². The van der Waals surface area contributed by atoms with Crippen molar-refractivity contribution in [1.82, 2.24) is 4.57 Å². The van der Waals surface area contributed by atoms with Crippen molar-refractivity contribution in [3.8, 4) is 5.88 Å². The summed E-state index contributed by atoms with van der Waals surface area (Å²) in [6, 6.07) is 2.55. The number of aliphatic hydroxyl groups is 1. The Morgan fingerprint density at radius 3 is 2.41 bits per heavy atom. The van der Waals surface area contributed by atoms with E-state index in [0.717, 1.165) is 0 Å². The van der Waals surface area contributed by atoms with Gasteiger partial charge in [-0.05, 0) is 25.3 Å². The van der Waals surface area contributed by atoms with Gasteiger partial charge in [0, 0.05) is 12.6 Å². The van der Waals surface area contributed by atoms with Crippen molar-refractivity contribution in [3.05, 3.63) is 18.1 Å². The fraction of sp³-hybridized carbons (Fsp3) is 0.692. The smallest absolute Gasteiger partial charge is 0.196 e. The zero-order chi connectivity index (χ0) is 12.7. The van der Waals surface area contributed by atoms with Crippen LogP contribution in [0.5, 0.6) is 5.88 Å². The lowest BCUT2D eigenvalue weighted by Crippen LogP contribution is -2.07. The molecule has 0 aromatic carbocycles. The van der Waals surface area contributed by atoms with Gasteiger partial charge >= 0.3 is 0 Å². The predicted molar refractivity (Wildman–Crippen MR) is 65.4 cm³/mol. The first kappa shape index (κ1) is 14.0. The van der Waals surface area contributed by atoms with Crippen LogP contribution in [-0.4, -0.2) is 20.9 Å². The van der Waals surface area contributed by atoms with Crippen LogP contribution >= 0.6 is 0 Å². The molecule has 1 aliphatic carbocycles. The molecule has 0 saturated heterocycles. The molecular formula is C13H22FNO2. The van der Waals surface area contributed by atoms with Crippen molar-refractivity contribution in [2.75, 3.05) is 0 Å². The van der Waals surface area contributed by atoms with Crippen molar-refractivity contribution in [3.63, 3.8) is 0 Å². The standard InChI is InChI=1S/C10H16FNO2.C3H6/c1-2-8(13)4-3-7-12-9(11)5-6-10(12)14;1-2-3-1/h5-6,8,13-14H,2-4,7H2,1H3;1-3H2. The molecule has 98 valence electrons. The zero-order valence-corrected chi connectivity index (χ0v) is 10.4. The Labute approximate surface area is 102 Å². The van der Waals surface area contributed by atoms with E-state index < -0.39 is 5.95 Å². The monoisotopic (exact) mass is 243 g/mol. The third-order valence-corrected chi connectivity index (χ3v) is 2.65. The summed E-state index contributed by atoms with van der Waals surface area (Å²) < 4.78 is 14.2. The van der Waals surface area contributed by atoms with Gasteiger partial charge in [-0.15, -0.1) is 0 Å². The number of aromatic hydroxyl groups is 1. The summed E-state index contributed by atoms with van der Waals surface area (Å²) in [4.78, 5) is 0. The molecule has 2 N–H and O–H groups in total. The van der Waals surface area contributed by atoms with Crippen molar-refractivity contribution < 1.29 is 14.6 Å². The van der Waals surface area contributed by atoms with E-state index in [1.807, 2.05) is 6.92 Å². The van der Waals surface area contributed by atoms with E-state index >= 15 is 0 Å². The fourth-order valence-electron chi connectivity index (χ4n) is 1.34. The summed E-state index contributed by atoms with van der Waals surface area (Å²) in [6.07, 6.45) is 6.18. The number of halogens is 1. The lowest BCUT2D eigenvalue weighted by molar-refractivity contribution is 0.154. The summed E-state index contributed by atoms with van der Waals surface area (Å²) >= 11 is 0. The molecule has 1 aromatic heterocycles. The molecule has 1 atom stereocenters. The van der Waals surface area contributed by atoms with Crippen LogP contribution in [0.15, 0.2) is 12.1 Å². The molecule has 2 rings (SSSR count). The lowest BCUT2D eigenvalue weighted by Gasteiger charge is -2.08. The normalized spacial score (nSPS) is 15.0. The number of rotatable bonds is 5. The van der Waals surface area contributed by atoms with E-state index in [0.29, 0.717) is 25.8 Å². The first-order chi connectivity index (χ1) is 8.15. The highest BCUT2D eigenvalue weighted by molar-refractivity contribution is 5.12. The zero-order valence-electron chi connectivity index (χ0n) is 10.4. The minimum absolute atomic E-state index is 0.0616. The van der Waals surface area contributed by atoms with Gasteiger partial charge in [-0.25, -0.2) is 0 Å². The van der Waals surface area contributed by atoms with Crippen molar-refractivity contribution in [1.29, 1.82) is 0 Å². The third kappa shape index (κ3) is 5.73. The molecule has 0 bridgehead atoms. The van der Waals surface area contributed by atoms with Gasteiger partial charge < -0.3 is 10.2 Å². The van der Waals surface area contributed by atoms with Gasteiger partial charge in [-0.3, -0.25) is 4.57 Å². The molecule has 1 fully saturated rings. The molecule has 0 radical (unpaired) electrons. The lowest BCUT2D eigenvalue weighted by atomic mass is 10.1. The second-order valence-electron chi connectivity index (χ2n) is 4.43. The minimum atomic E-state index is -0.437. The van der Waals surface area contributed by atoms with E-state index in [1.54, 1.807) is 0 Å². The maximum Gasteiger partial charge on any atom is 0.196 e. The first-order valence-corrected chi connectivity index (χ1v) is 6.37. The Kier molecular flexibility index (Phi) is 6.05. The highest BCUT2D eigenvalue weighted by Crippen LogP contribution is 2.15. The molecule has 1 aromatic rings. The Hall–Kier alpha value is -1.03. The van der Waals surface area contributed by atoms with Crippen LogP contribution in [0.1, 0.15) is 45.4 Å². The van der Waals surface area contributed by atoms with Gasteiger partial charge in [0.2, 0.25) is 0 Å². The average molecular weight is 243 g/mol. The highest BCUT2D eigenvalue weighted by Gasteiger charge is 2.07. The van der Waals surface area contributed by atoms with Crippen LogP contribution in [-0.2, 0) is 6.54 Å². The molecule has 0 spiro atoms. The maximum absolute atomic E-state index is 13.0. The van der Waals surface area contributed by atoms with Crippen LogP contribution in [0.25, 0.3) is 0 Å². The average Bonchev–Trinajstić information content (AvgIpc) is 3.15. The van der Waals surface area contributed by atoms with Crippen molar-refractivity contribution >= 4 is 0 Å². The van der Waals surface area contributed by atoms with Crippen LogP contribution in [0.2, 0.25) is 0 Å². The summed E-state index contributed by atoms with van der Waals surface area (Å²) in [7, 11) is 0. The Morgan fingerprint density at radius 1 is 1.35 bits per heavy atom. The third-order valence-electron chi connectivity index (χ3n) is 2.65. The second-order valence-corrected chi connectivity index (χ2v) is 4.43. The first-order valence-electron chi connectivity index (χ1n) is 6.37. The van der Waals surface area contributed by atoms with Crippen molar-refractivity contribution in [2.24, 2.45) is 0 Å². The van der Waals surface area contributed by atoms with Gasteiger partial charge in [0.15, 0.2) is 11.8 Å². The number of hydrogen-bond acceptors (Lipinski definition) is 2. The van der Waals surface area contributed by atoms with Crippen molar-refractivity contribution in [2.45, 2.75) is 58.1 Å². The van der Waals surface area contributed by atoms with Gasteiger partial charge in [-0.1, -0.05) is 26.2 Å². The number of aliphatic hydroxyl groups excluding tert-OH is 1. The van der Waals surface area contributed by atoms with E-state index in [1.165, 1.54) is 36.0 Å². The van der Waals surface area contributed by atoms with Gasteiger partial charge in [0.1, 0.15) is 0 Å². The van der Waals surface area contributed by atoms with E-state index in [9.17, 15) is 14.6 Å². The summed E-state index contributed by atoms with van der Waals surface area (Å²) in [5.41, 5.74) is 0. The molecule has 1 heterocycles. The number of aromatic nitrogens is 1. The van der Waals surface area contributed by atoms with E-state index in [2.05, 4.69) is 0 Å². The predicted octanol–water partition coefficient (Wildman–Crippen LogP) is 3.05. The summed E-state index contributed by atoms with van der Waals surface area (Å²) in [5.74, 6) is -0.498. The minimum Gasteiger partial charge on any atom is -0.494 e. The van der Waals surface area contributed by atoms with Crippen LogP contribution in [0, 0.1) is 5.95 Å². The summed E-state index contributed by atoms with van der Waals surface area (Å²) in [5, 5.41) is 18.5. The van der Waals surface area contributed by atoms with Gasteiger partial charge in [0.05, 0.1) is 6.10 Å². The Balaban J connectivity index is 0.000000415. The molecular weight excluding hydrogens is 221 g/mol. The molecule has 4 heteroatoms.